The molecule has 0 nitrogen and oxygen atoms in total. The molecule has 0 aromatic heterocycles. The van der Waals surface area contributed by atoms with Crippen LogP contribution in [0.15, 0.2) is 85.0 Å². The molecule has 6 rings (SSSR count). The number of hydrogen-bond acceptors (Lipinski definition) is 0. The number of fused-ring (bicyclic) bond motifs is 3. The van der Waals surface area contributed by atoms with Crippen molar-refractivity contribution in [2.45, 2.75) is 79.1 Å². The molecule has 0 aliphatic heterocycles. The molecule has 5 heteroatoms. The molecule has 4 aromatic rings. The van der Waals surface area contributed by atoms with Gasteiger partial charge in [0.2, 0.25) is 0 Å². The van der Waals surface area contributed by atoms with Gasteiger partial charge >= 0.3 is 120 Å². The Hall–Kier alpha value is -1.73. The summed E-state index contributed by atoms with van der Waals surface area (Å²) >= 11 is 13.3. The Morgan fingerprint density at radius 2 is 1.28 bits per heavy atom. The van der Waals surface area contributed by atoms with Gasteiger partial charge in [-0.1, -0.05) is 71.6 Å². The van der Waals surface area contributed by atoms with Crippen LogP contribution in [0.3, 0.4) is 0 Å². The van der Waals surface area contributed by atoms with Crippen LogP contribution >= 0.6 is 48.0 Å². The third-order valence-corrected chi connectivity index (χ3v) is 9.78. The van der Waals surface area contributed by atoms with Crippen molar-refractivity contribution in [2.75, 3.05) is 0 Å². The van der Waals surface area contributed by atoms with E-state index in [1.165, 1.54) is 71.9 Å². The van der Waals surface area contributed by atoms with E-state index < -0.39 is 0 Å². The van der Waals surface area contributed by atoms with Gasteiger partial charge in [-0.3, -0.25) is 6.08 Å². The van der Waals surface area contributed by atoms with E-state index in [4.69, 9.17) is 23.2 Å². The molecule has 0 amide bonds. The molecular weight excluding hydrogens is 725 g/mol. The molecule has 2 aliphatic rings. The van der Waals surface area contributed by atoms with Gasteiger partial charge in [-0.2, -0.15) is 23.8 Å². The van der Waals surface area contributed by atoms with Gasteiger partial charge in [0.1, 0.15) is 0 Å². The first-order valence-corrected chi connectivity index (χ1v) is 17.2. The van der Waals surface area contributed by atoms with Gasteiger partial charge in [0.05, 0.1) is 0 Å². The quantitative estimate of drug-likeness (QED) is 0.157. The number of hydrogen-bond donors (Lipinski definition) is 0. The van der Waals surface area contributed by atoms with Crippen LogP contribution in [0.4, 0.5) is 0 Å². The maximum absolute atomic E-state index is 5.98. The predicted molar refractivity (Wildman–Crippen MR) is 203 cm³/mol. The van der Waals surface area contributed by atoms with E-state index in [1.807, 2.05) is 48.6 Å². The largest absolute Gasteiger partial charge is 0.273 e. The van der Waals surface area contributed by atoms with E-state index in [-0.39, 0.29) is 35.6 Å². The molecule has 46 heavy (non-hydrogen) atoms. The van der Waals surface area contributed by atoms with E-state index in [9.17, 15) is 0 Å². The van der Waals surface area contributed by atoms with Crippen molar-refractivity contribution < 1.29 is 24.2 Å². The molecule has 0 N–H and O–H groups in total. The van der Waals surface area contributed by atoms with E-state index >= 15 is 0 Å². The molecule has 0 bridgehead atoms. The maximum atomic E-state index is 5.98. The van der Waals surface area contributed by atoms with E-state index in [2.05, 4.69) is 104 Å². The summed E-state index contributed by atoms with van der Waals surface area (Å²) in [4.78, 5) is 0. The predicted octanol–water partition coefficient (Wildman–Crippen LogP) is 12.5. The Labute approximate surface area is 314 Å². The van der Waals surface area contributed by atoms with E-state index in [0.717, 1.165) is 34.0 Å². The van der Waals surface area contributed by atoms with Crippen LogP contribution in [0.2, 0.25) is 10.0 Å². The summed E-state index contributed by atoms with van der Waals surface area (Å²) in [5.74, 6) is 0. The van der Waals surface area contributed by atoms with Crippen molar-refractivity contribution in [3.05, 3.63) is 152 Å². The Balaban J connectivity index is 0.000000278. The standard InChI is InChI=1S/C23H29.C13H8Cl2.C5H5.2ClH.Zr/c1-14-9-16-11-17-10-15(2)21(23(6,7)8)13-19(17)18(16)12-20(14)22(3,4)5;14-12-5-1-3-10(8-12)7-11-4-2-6-13(15)9-11;1-2-4-5-3-1;;;/h9,12-13H,11H2,1-8H3;1-6,8-9H;1-3H,4H2;2*1H;/q-1;;-1;;;+2. The minimum absolute atomic E-state index is 0. The minimum atomic E-state index is 0. The fourth-order valence-corrected chi connectivity index (χ4v) is 6.96. The summed E-state index contributed by atoms with van der Waals surface area (Å²) < 4.78 is 1.26. The molecule has 0 saturated carbocycles. The average molecular weight is 770 g/mol. The molecule has 4 aromatic carbocycles. The zero-order chi connectivity index (χ0) is 32.2. The van der Waals surface area contributed by atoms with Gasteiger partial charge in [0.15, 0.2) is 0 Å². The first kappa shape index (κ1) is 40.4. The molecule has 0 heterocycles. The van der Waals surface area contributed by atoms with Gasteiger partial charge < -0.3 is 0 Å². The molecular formula is C41H44Cl4Zr. The number of allylic oxidation sites excluding steroid dienone is 4. The van der Waals surface area contributed by atoms with Crippen LogP contribution < -0.4 is 0 Å². The first-order chi connectivity index (χ1) is 20.6. The van der Waals surface area contributed by atoms with Gasteiger partial charge in [0, 0.05) is 0 Å². The monoisotopic (exact) mass is 766 g/mol. The van der Waals surface area contributed by atoms with Crippen LogP contribution in [0.1, 0.15) is 92.5 Å². The van der Waals surface area contributed by atoms with Crippen molar-refractivity contribution in [1.82, 2.24) is 0 Å². The number of benzene rings is 4. The average Bonchev–Trinajstić information content (AvgIpc) is 3.62. The fraction of sp³-hybridized carbons (Fsp3) is 0.293. The Bertz CT molecular complexity index is 1610. The maximum Gasteiger partial charge on any atom is -0.109 e. The van der Waals surface area contributed by atoms with E-state index in [1.54, 1.807) is 0 Å². The summed E-state index contributed by atoms with van der Waals surface area (Å²) in [5.41, 5.74) is 13.9. The SMILES string of the molecule is Cc1[c-]c2c(cc1C(C)(C)C)-c1cc(C(C)(C)C)c(C)cc1C2.Cl.Cl.Clc1cccc([C](=[Zr+2])c2cccc(Cl)c2)c1.[C-]1=CC=CC1. The molecule has 0 atom stereocenters. The van der Waals surface area contributed by atoms with Gasteiger partial charge in [0.25, 0.3) is 0 Å². The summed E-state index contributed by atoms with van der Waals surface area (Å²) in [6, 6.07) is 26.7. The smallest absolute Gasteiger partial charge is 0.109 e. The van der Waals surface area contributed by atoms with Crippen molar-refractivity contribution >= 4 is 51.2 Å². The van der Waals surface area contributed by atoms with Crippen LogP contribution in [0.25, 0.3) is 11.1 Å². The second-order valence-electron chi connectivity index (χ2n) is 13.6. The Morgan fingerprint density at radius 1 is 0.739 bits per heavy atom. The third kappa shape index (κ3) is 10.4. The molecule has 240 valence electrons. The van der Waals surface area contributed by atoms with Crippen molar-refractivity contribution in [2.24, 2.45) is 0 Å². The van der Waals surface area contributed by atoms with Crippen LogP contribution in [-0.4, -0.2) is 3.21 Å². The Morgan fingerprint density at radius 3 is 1.72 bits per heavy atom. The van der Waals surface area contributed by atoms with Gasteiger partial charge in [-0.25, -0.2) is 12.2 Å². The van der Waals surface area contributed by atoms with Crippen LogP contribution in [-0.2, 0) is 41.5 Å². The molecule has 0 unspecified atom stereocenters. The molecule has 2 aliphatic carbocycles. The van der Waals surface area contributed by atoms with Crippen molar-refractivity contribution in [1.29, 1.82) is 0 Å². The topological polar surface area (TPSA) is 0 Å². The second-order valence-corrected chi connectivity index (χ2v) is 15.7. The van der Waals surface area contributed by atoms with Crippen LogP contribution in [0, 0.1) is 26.0 Å². The van der Waals surface area contributed by atoms with E-state index in [0.29, 0.717) is 0 Å². The first-order valence-electron chi connectivity index (χ1n) is 15.2. The zero-order valence-electron chi connectivity index (χ0n) is 28.1. The van der Waals surface area contributed by atoms with Gasteiger partial charge in [-0.15, -0.1) is 47.9 Å². The number of rotatable bonds is 2. The molecule has 0 saturated heterocycles. The number of aryl methyl sites for hydroxylation is 2. The van der Waals surface area contributed by atoms with Gasteiger partial charge in [-0.05, 0) is 35.4 Å². The van der Waals surface area contributed by atoms with Crippen molar-refractivity contribution in [3.63, 3.8) is 0 Å². The zero-order valence-corrected chi connectivity index (χ0v) is 33.7. The summed E-state index contributed by atoms with van der Waals surface area (Å²) in [6.07, 6.45) is 11.0. The molecule has 0 radical (unpaired) electrons. The third-order valence-electron chi connectivity index (χ3n) is 7.89. The van der Waals surface area contributed by atoms with Crippen molar-refractivity contribution in [3.8, 4) is 11.1 Å². The van der Waals surface area contributed by atoms with Crippen LogP contribution in [0.5, 0.6) is 0 Å². The Kier molecular flexibility index (Phi) is 15.0. The second kappa shape index (κ2) is 17.1. The molecule has 0 fully saturated rings. The number of halogens is 4. The minimum Gasteiger partial charge on any atom is -0.273 e. The summed E-state index contributed by atoms with van der Waals surface area (Å²) in [5, 5.41) is 1.53. The summed E-state index contributed by atoms with van der Waals surface area (Å²) in [7, 11) is 0. The molecule has 0 spiro atoms. The normalized spacial score (nSPS) is 12.4. The fourth-order valence-electron chi connectivity index (χ4n) is 5.82. The summed E-state index contributed by atoms with van der Waals surface area (Å²) in [6.45, 7) is 18.2.